The van der Waals surface area contributed by atoms with Gasteiger partial charge in [-0.15, -0.1) is 0 Å². The number of hydrogen-bond donors (Lipinski definition) is 2. The molecule has 0 heterocycles. The van der Waals surface area contributed by atoms with Crippen LogP contribution in [0.2, 0.25) is 0 Å². The quantitative estimate of drug-likeness (QED) is 0.650. The smallest absolute Gasteiger partial charge is 0.411 e. The molecule has 0 bridgehead atoms. The molecule has 1 amide bonds. The maximum absolute atomic E-state index is 13.8. The van der Waals surface area contributed by atoms with Gasteiger partial charge in [0.15, 0.2) is 0 Å². The normalized spacial score (nSPS) is 12.2. The molecule has 3 aromatic rings. The Labute approximate surface area is 164 Å². The zero-order valence-corrected chi connectivity index (χ0v) is 15.0. The highest BCUT2D eigenvalue weighted by Gasteiger charge is 2.29. The van der Waals surface area contributed by atoms with Gasteiger partial charge in [0.1, 0.15) is 23.8 Å². The minimum absolute atomic E-state index is 0.0138. The number of aromatic carboxylic acids is 1. The average Bonchev–Trinajstić information content (AvgIpc) is 2.99. The number of carbonyl (C=O) groups excluding carboxylic acids is 1. The summed E-state index contributed by atoms with van der Waals surface area (Å²) in [6, 6.07) is 16.7. The molecule has 146 valence electrons. The van der Waals surface area contributed by atoms with Crippen LogP contribution < -0.4 is 5.32 Å². The highest BCUT2D eigenvalue weighted by Crippen LogP contribution is 2.44. The minimum atomic E-state index is -1.63. The van der Waals surface area contributed by atoms with Crippen molar-refractivity contribution in [2.75, 3.05) is 11.9 Å². The van der Waals surface area contributed by atoms with Crippen molar-refractivity contribution in [3.8, 4) is 11.1 Å². The molecule has 1 aliphatic carbocycles. The highest BCUT2D eigenvalue weighted by molar-refractivity contribution is 5.99. The Kier molecular flexibility index (Phi) is 4.72. The molecule has 0 aromatic heterocycles. The van der Waals surface area contributed by atoms with Gasteiger partial charge in [-0.1, -0.05) is 48.5 Å². The van der Waals surface area contributed by atoms with Crippen LogP contribution in [0.25, 0.3) is 11.1 Å². The van der Waals surface area contributed by atoms with E-state index in [1.54, 1.807) is 0 Å². The summed E-state index contributed by atoms with van der Waals surface area (Å²) in [5, 5.41) is 11.2. The van der Waals surface area contributed by atoms with Crippen molar-refractivity contribution in [3.05, 3.63) is 89.0 Å². The van der Waals surface area contributed by atoms with Crippen molar-refractivity contribution >= 4 is 17.7 Å². The number of carbonyl (C=O) groups is 2. The van der Waals surface area contributed by atoms with E-state index < -0.39 is 34.9 Å². The van der Waals surface area contributed by atoms with E-state index in [9.17, 15) is 18.4 Å². The number of ether oxygens (including phenoxy) is 1. The lowest BCUT2D eigenvalue weighted by Crippen LogP contribution is -2.20. The van der Waals surface area contributed by atoms with Gasteiger partial charge in [-0.05, 0) is 28.3 Å². The fourth-order valence-corrected chi connectivity index (χ4v) is 3.63. The SMILES string of the molecule is O=C(Nc1cc(F)cc(F)c1C(=O)O)OCC1c2ccccc2-c2ccccc21. The summed E-state index contributed by atoms with van der Waals surface area (Å²) in [5.41, 5.74) is 2.77. The van der Waals surface area contributed by atoms with E-state index in [4.69, 9.17) is 9.84 Å². The number of amides is 1. The third-order valence-corrected chi connectivity index (χ3v) is 4.85. The summed E-state index contributed by atoms with van der Waals surface area (Å²) in [6.07, 6.45) is -1.00. The number of rotatable bonds is 4. The second-order valence-corrected chi connectivity index (χ2v) is 6.57. The third kappa shape index (κ3) is 3.42. The van der Waals surface area contributed by atoms with Gasteiger partial charge in [-0.2, -0.15) is 0 Å². The molecule has 0 unspecified atom stereocenters. The monoisotopic (exact) mass is 395 g/mol. The van der Waals surface area contributed by atoms with Crippen molar-refractivity contribution < 1.29 is 28.2 Å². The molecule has 29 heavy (non-hydrogen) atoms. The van der Waals surface area contributed by atoms with Crippen LogP contribution in [0.3, 0.4) is 0 Å². The van der Waals surface area contributed by atoms with Crippen LogP contribution >= 0.6 is 0 Å². The van der Waals surface area contributed by atoms with Crippen molar-refractivity contribution in [1.82, 2.24) is 0 Å². The summed E-state index contributed by atoms with van der Waals surface area (Å²) >= 11 is 0. The van der Waals surface area contributed by atoms with E-state index in [1.807, 2.05) is 48.5 Å². The van der Waals surface area contributed by atoms with Gasteiger partial charge in [-0.25, -0.2) is 18.4 Å². The number of nitrogens with one attached hydrogen (secondary N) is 1. The Bertz CT molecular complexity index is 1080. The van der Waals surface area contributed by atoms with Gasteiger partial charge >= 0.3 is 12.1 Å². The molecular weight excluding hydrogens is 380 g/mol. The number of fused-ring (bicyclic) bond motifs is 3. The summed E-state index contributed by atoms with van der Waals surface area (Å²) in [5.74, 6) is -4.12. The number of carboxylic acid groups (broad SMARTS) is 1. The Morgan fingerprint density at radius 3 is 2.14 bits per heavy atom. The van der Waals surface area contributed by atoms with Gasteiger partial charge in [0.2, 0.25) is 0 Å². The average molecular weight is 395 g/mol. The molecule has 2 N–H and O–H groups in total. The summed E-state index contributed by atoms with van der Waals surface area (Å²) in [4.78, 5) is 23.4. The van der Waals surface area contributed by atoms with Crippen LogP contribution in [0, 0.1) is 11.6 Å². The number of benzene rings is 3. The molecule has 0 fully saturated rings. The molecule has 0 saturated carbocycles. The first-order valence-corrected chi connectivity index (χ1v) is 8.80. The standard InChI is InChI=1S/C22H15F2NO4/c23-12-9-18(24)20(21(26)27)19(10-12)25-22(28)29-11-17-15-7-3-1-5-13(15)14-6-2-4-8-16(14)17/h1-10,17H,11H2,(H,25,28)(H,26,27). The van der Waals surface area contributed by atoms with E-state index in [0.29, 0.717) is 6.07 Å². The second-order valence-electron chi connectivity index (χ2n) is 6.57. The molecule has 1 aliphatic rings. The van der Waals surface area contributed by atoms with E-state index in [1.165, 1.54) is 0 Å². The van der Waals surface area contributed by atoms with E-state index in [0.717, 1.165) is 28.3 Å². The van der Waals surface area contributed by atoms with Crippen molar-refractivity contribution in [2.45, 2.75) is 5.92 Å². The molecule has 0 radical (unpaired) electrons. The van der Waals surface area contributed by atoms with E-state index in [2.05, 4.69) is 5.32 Å². The summed E-state index contributed by atoms with van der Waals surface area (Å²) in [6.45, 7) is -0.0138. The number of anilines is 1. The second kappa shape index (κ2) is 7.35. The van der Waals surface area contributed by atoms with Crippen LogP contribution in [0.1, 0.15) is 27.4 Å². The Hall–Kier alpha value is -3.74. The predicted octanol–water partition coefficient (Wildman–Crippen LogP) is 5.02. The van der Waals surface area contributed by atoms with Gasteiger partial charge in [-0.3, -0.25) is 5.32 Å². The zero-order valence-electron chi connectivity index (χ0n) is 15.0. The Morgan fingerprint density at radius 1 is 0.966 bits per heavy atom. The Balaban J connectivity index is 1.54. The van der Waals surface area contributed by atoms with Crippen molar-refractivity contribution in [3.63, 3.8) is 0 Å². The molecular formula is C22H15F2NO4. The molecule has 0 spiro atoms. The fourth-order valence-electron chi connectivity index (χ4n) is 3.63. The molecule has 7 heteroatoms. The van der Waals surface area contributed by atoms with Crippen LogP contribution in [-0.4, -0.2) is 23.8 Å². The fraction of sp³-hybridized carbons (Fsp3) is 0.0909. The van der Waals surface area contributed by atoms with Gasteiger partial charge in [0.25, 0.3) is 0 Å². The lowest BCUT2D eigenvalue weighted by molar-refractivity contribution is 0.0693. The summed E-state index contributed by atoms with van der Waals surface area (Å²) in [7, 11) is 0. The molecule has 3 aromatic carbocycles. The first kappa shape index (κ1) is 18.6. The lowest BCUT2D eigenvalue weighted by atomic mass is 9.98. The topological polar surface area (TPSA) is 75.6 Å². The van der Waals surface area contributed by atoms with Gasteiger partial charge in [0, 0.05) is 12.0 Å². The first-order valence-electron chi connectivity index (χ1n) is 8.80. The van der Waals surface area contributed by atoms with Crippen LogP contribution in [0.15, 0.2) is 60.7 Å². The maximum atomic E-state index is 13.8. The van der Waals surface area contributed by atoms with Crippen LogP contribution in [0.4, 0.5) is 19.3 Å². The lowest BCUT2D eigenvalue weighted by Gasteiger charge is -2.15. The molecule has 0 aliphatic heterocycles. The molecule has 0 saturated heterocycles. The van der Waals surface area contributed by atoms with E-state index >= 15 is 0 Å². The molecule has 4 rings (SSSR count). The number of carboxylic acids is 1. The van der Waals surface area contributed by atoms with Crippen LogP contribution in [0.5, 0.6) is 0 Å². The third-order valence-electron chi connectivity index (χ3n) is 4.85. The largest absolute Gasteiger partial charge is 0.478 e. The minimum Gasteiger partial charge on any atom is -0.478 e. The predicted molar refractivity (Wildman–Crippen MR) is 102 cm³/mol. The van der Waals surface area contributed by atoms with Crippen molar-refractivity contribution in [2.24, 2.45) is 0 Å². The number of halogens is 2. The van der Waals surface area contributed by atoms with Gasteiger partial charge < -0.3 is 9.84 Å². The van der Waals surface area contributed by atoms with Gasteiger partial charge in [0.05, 0.1) is 5.69 Å². The van der Waals surface area contributed by atoms with E-state index in [-0.39, 0.29) is 12.5 Å². The summed E-state index contributed by atoms with van der Waals surface area (Å²) < 4.78 is 32.5. The maximum Gasteiger partial charge on any atom is 0.411 e. The van der Waals surface area contributed by atoms with Crippen molar-refractivity contribution in [1.29, 1.82) is 0 Å². The van der Waals surface area contributed by atoms with Crippen LogP contribution in [-0.2, 0) is 4.74 Å². The molecule has 0 atom stereocenters. The number of hydrogen-bond acceptors (Lipinski definition) is 3. The zero-order chi connectivity index (χ0) is 20.5. The Morgan fingerprint density at radius 2 is 1.55 bits per heavy atom. The first-order chi connectivity index (χ1) is 14.0. The molecule has 5 nitrogen and oxygen atoms in total. The highest BCUT2D eigenvalue weighted by atomic mass is 19.1.